The zero-order valence-electron chi connectivity index (χ0n) is 7.14. The Hall–Kier alpha value is -1.63. The highest BCUT2D eigenvalue weighted by atomic mass is 35.5. The summed E-state index contributed by atoms with van der Waals surface area (Å²) in [5.74, 6) is -0.861. The lowest BCUT2D eigenvalue weighted by molar-refractivity contribution is -0.385. The number of carbonyl (C=O) groups is 1. The number of carbonyl (C=O) groups excluding carboxylic acids is 1. The van der Waals surface area contributed by atoms with Crippen LogP contribution in [0.4, 0.5) is 5.69 Å². The highest BCUT2D eigenvalue weighted by molar-refractivity contribution is 6.15. The first kappa shape index (κ1) is 10.5. The van der Waals surface area contributed by atoms with E-state index in [4.69, 9.17) is 11.6 Å². The summed E-state index contributed by atoms with van der Waals surface area (Å²) in [6.45, 7) is 0. The van der Waals surface area contributed by atoms with Crippen LogP contribution in [0.3, 0.4) is 0 Å². The summed E-state index contributed by atoms with van der Waals surface area (Å²) in [6, 6.07) is -0.0716. The van der Waals surface area contributed by atoms with Crippen molar-refractivity contribution in [3.63, 3.8) is 0 Å². The Morgan fingerprint density at radius 3 is 2.93 bits per heavy atom. The molecule has 1 aromatic heterocycles. The van der Waals surface area contributed by atoms with Crippen LogP contribution in [0.1, 0.15) is 10.5 Å². The summed E-state index contributed by atoms with van der Waals surface area (Å²) in [7, 11) is 1.12. The quantitative estimate of drug-likeness (QED) is 0.324. The Kier molecular flexibility index (Phi) is 3.03. The number of hydrogen-bond donors (Lipinski definition) is 0. The molecule has 14 heavy (non-hydrogen) atoms. The van der Waals surface area contributed by atoms with Crippen LogP contribution >= 0.6 is 11.6 Å². The van der Waals surface area contributed by atoms with Gasteiger partial charge in [0.1, 0.15) is 12.2 Å². The van der Waals surface area contributed by atoms with Crippen LogP contribution in [0.15, 0.2) is 6.20 Å². The van der Waals surface area contributed by atoms with Gasteiger partial charge in [-0.1, -0.05) is 0 Å². The lowest BCUT2D eigenvalue weighted by Gasteiger charge is -1.92. The van der Waals surface area contributed by atoms with E-state index in [2.05, 4.69) is 9.84 Å². The van der Waals surface area contributed by atoms with E-state index in [1.165, 1.54) is 0 Å². The standard InChI is InChI=1S/C6H6ClN3O4/c1-14-6(11)5-4(10(12)13)2-9(3-7)8-5/h2H,3H2,1H3. The molecule has 0 amide bonds. The molecule has 0 saturated heterocycles. The van der Waals surface area contributed by atoms with E-state index in [1.54, 1.807) is 0 Å². The lowest BCUT2D eigenvalue weighted by Crippen LogP contribution is -2.06. The second-order valence-corrected chi connectivity index (χ2v) is 2.51. The average molecular weight is 220 g/mol. The number of alkyl halides is 1. The first-order chi connectivity index (χ1) is 6.60. The summed E-state index contributed by atoms with van der Waals surface area (Å²) in [4.78, 5) is 20.8. The van der Waals surface area contributed by atoms with E-state index in [9.17, 15) is 14.9 Å². The highest BCUT2D eigenvalue weighted by Gasteiger charge is 2.25. The van der Waals surface area contributed by atoms with Crippen molar-refractivity contribution in [3.05, 3.63) is 22.0 Å². The summed E-state index contributed by atoms with van der Waals surface area (Å²) in [5.41, 5.74) is -0.768. The second-order valence-electron chi connectivity index (χ2n) is 2.27. The van der Waals surface area contributed by atoms with Crippen molar-refractivity contribution in [3.8, 4) is 0 Å². The molecule has 0 bridgehead atoms. The van der Waals surface area contributed by atoms with Gasteiger partial charge in [-0.15, -0.1) is 11.6 Å². The maximum absolute atomic E-state index is 11.0. The molecule has 0 saturated carbocycles. The summed E-state index contributed by atoms with van der Waals surface area (Å²) >= 11 is 5.39. The minimum atomic E-state index is -0.861. The SMILES string of the molecule is COC(=O)c1nn(CCl)cc1[N+](=O)[O-]. The fourth-order valence-corrected chi connectivity index (χ4v) is 0.970. The number of hydrogen-bond acceptors (Lipinski definition) is 5. The average Bonchev–Trinajstić information content (AvgIpc) is 2.60. The molecule has 0 aliphatic heterocycles. The number of esters is 1. The number of aromatic nitrogens is 2. The van der Waals surface area contributed by atoms with Gasteiger partial charge in [-0.3, -0.25) is 10.1 Å². The first-order valence-corrected chi connectivity index (χ1v) is 3.99. The fourth-order valence-electron chi connectivity index (χ4n) is 0.848. The normalized spacial score (nSPS) is 9.86. The summed E-state index contributed by atoms with van der Waals surface area (Å²) in [5, 5.41) is 14.1. The number of methoxy groups -OCH3 is 1. The molecule has 8 heteroatoms. The van der Waals surface area contributed by atoms with Gasteiger partial charge in [0.2, 0.25) is 5.69 Å². The second kappa shape index (κ2) is 4.05. The number of nitro groups is 1. The van der Waals surface area contributed by atoms with Gasteiger partial charge in [-0.2, -0.15) is 5.10 Å². The smallest absolute Gasteiger partial charge is 0.365 e. The Labute approximate surface area is 83.4 Å². The van der Waals surface area contributed by atoms with Crippen LogP contribution in [-0.2, 0) is 10.7 Å². The minimum Gasteiger partial charge on any atom is -0.464 e. The van der Waals surface area contributed by atoms with E-state index >= 15 is 0 Å². The van der Waals surface area contributed by atoms with E-state index in [0.717, 1.165) is 18.0 Å². The molecular formula is C6H6ClN3O4. The van der Waals surface area contributed by atoms with Gasteiger partial charge >= 0.3 is 11.7 Å². The molecule has 1 aromatic rings. The third-order valence-electron chi connectivity index (χ3n) is 1.44. The van der Waals surface area contributed by atoms with E-state index in [1.807, 2.05) is 0 Å². The first-order valence-electron chi connectivity index (χ1n) is 3.46. The Balaban J connectivity index is 3.18. The van der Waals surface area contributed by atoms with Crippen LogP contribution in [0.5, 0.6) is 0 Å². The third kappa shape index (κ3) is 1.82. The molecule has 0 aromatic carbocycles. The van der Waals surface area contributed by atoms with Gasteiger partial charge in [0.05, 0.1) is 12.0 Å². The summed E-state index contributed by atoms with van der Waals surface area (Å²) in [6.07, 6.45) is 1.07. The third-order valence-corrected chi connectivity index (χ3v) is 1.69. The molecule has 7 nitrogen and oxygen atoms in total. The van der Waals surface area contributed by atoms with Gasteiger partial charge in [-0.25, -0.2) is 9.48 Å². The predicted octanol–water partition coefficient (Wildman–Crippen LogP) is 0.774. The van der Waals surface area contributed by atoms with Crippen molar-refractivity contribution in [2.75, 3.05) is 7.11 Å². The van der Waals surface area contributed by atoms with Crippen molar-refractivity contribution in [1.29, 1.82) is 0 Å². The lowest BCUT2D eigenvalue weighted by atomic mass is 10.4. The van der Waals surface area contributed by atoms with Gasteiger partial charge in [0.15, 0.2) is 0 Å². The number of nitrogens with zero attached hydrogens (tertiary/aromatic N) is 3. The molecular weight excluding hydrogens is 214 g/mol. The number of halogens is 1. The van der Waals surface area contributed by atoms with Crippen molar-refractivity contribution in [2.45, 2.75) is 6.00 Å². The van der Waals surface area contributed by atoms with Crippen molar-refractivity contribution in [2.24, 2.45) is 0 Å². The Bertz CT molecular complexity index is 375. The molecule has 0 atom stereocenters. The van der Waals surface area contributed by atoms with Crippen LogP contribution in [0.2, 0.25) is 0 Å². The zero-order chi connectivity index (χ0) is 10.7. The molecule has 0 aliphatic carbocycles. The van der Waals surface area contributed by atoms with Crippen molar-refractivity contribution >= 4 is 23.3 Å². The van der Waals surface area contributed by atoms with Gasteiger partial charge < -0.3 is 4.74 Å². The molecule has 1 heterocycles. The predicted molar refractivity (Wildman–Crippen MR) is 46.1 cm³/mol. The van der Waals surface area contributed by atoms with E-state index < -0.39 is 16.6 Å². The van der Waals surface area contributed by atoms with Gasteiger partial charge in [-0.05, 0) is 0 Å². The van der Waals surface area contributed by atoms with Crippen LogP contribution < -0.4 is 0 Å². The highest BCUT2D eigenvalue weighted by Crippen LogP contribution is 2.17. The fraction of sp³-hybridized carbons (Fsp3) is 0.333. The maximum Gasteiger partial charge on any atom is 0.365 e. The molecule has 0 radical (unpaired) electrons. The summed E-state index contributed by atoms with van der Waals surface area (Å²) < 4.78 is 5.40. The van der Waals surface area contributed by atoms with Gasteiger partial charge in [0, 0.05) is 0 Å². The van der Waals surface area contributed by atoms with E-state index in [-0.39, 0.29) is 11.7 Å². The van der Waals surface area contributed by atoms with E-state index in [0.29, 0.717) is 0 Å². The molecule has 76 valence electrons. The number of ether oxygens (including phenoxy) is 1. The molecule has 0 fully saturated rings. The van der Waals surface area contributed by atoms with Crippen LogP contribution in [-0.4, -0.2) is 27.8 Å². The number of rotatable bonds is 3. The maximum atomic E-state index is 11.0. The molecule has 0 N–H and O–H groups in total. The van der Waals surface area contributed by atoms with Crippen molar-refractivity contribution < 1.29 is 14.5 Å². The molecule has 0 aliphatic rings. The Morgan fingerprint density at radius 2 is 2.50 bits per heavy atom. The molecule has 0 unspecified atom stereocenters. The topological polar surface area (TPSA) is 87.3 Å². The molecule has 0 spiro atoms. The largest absolute Gasteiger partial charge is 0.464 e. The van der Waals surface area contributed by atoms with Crippen molar-refractivity contribution in [1.82, 2.24) is 9.78 Å². The van der Waals surface area contributed by atoms with Crippen LogP contribution in [0, 0.1) is 10.1 Å². The minimum absolute atomic E-state index is 0.0716. The zero-order valence-corrected chi connectivity index (χ0v) is 7.89. The van der Waals surface area contributed by atoms with Gasteiger partial charge in [0.25, 0.3) is 0 Å². The monoisotopic (exact) mass is 219 g/mol. The van der Waals surface area contributed by atoms with Crippen LogP contribution in [0.25, 0.3) is 0 Å². The molecule has 1 rings (SSSR count). The Morgan fingerprint density at radius 1 is 1.86 bits per heavy atom.